The van der Waals surface area contributed by atoms with Crippen LogP contribution in [-0.4, -0.2) is 39.0 Å². The molecule has 1 heterocycles. The van der Waals surface area contributed by atoms with Crippen LogP contribution >= 0.6 is 24.0 Å². The van der Waals surface area contributed by atoms with Crippen molar-refractivity contribution < 1.29 is 38.1 Å². The predicted octanol–water partition coefficient (Wildman–Crippen LogP) is 4.09. The Kier molecular flexibility index (Phi) is 6.13. The normalized spacial score (nSPS) is 15.2. The highest BCUT2D eigenvalue weighted by Gasteiger charge is 2.34. The maximum absolute atomic E-state index is 12.8. The number of nitrogens with zero attached hydrogens (tertiary/aromatic N) is 1. The third-order valence-corrected chi connectivity index (χ3v) is 5.17. The number of alkyl halides is 2. The molecule has 154 valence electrons. The van der Waals surface area contributed by atoms with E-state index in [1.807, 2.05) is 0 Å². The van der Waals surface area contributed by atoms with E-state index < -0.39 is 24.5 Å². The summed E-state index contributed by atoms with van der Waals surface area (Å²) in [6.07, 6.45) is 1.48. The molecule has 0 bridgehead atoms. The summed E-state index contributed by atoms with van der Waals surface area (Å²) < 4.78 is 28.8. The second-order valence-corrected chi connectivity index (χ2v) is 7.52. The number of carbonyl (C=O) groups is 3. The quantitative estimate of drug-likeness (QED) is 0.500. The first-order valence-electron chi connectivity index (χ1n) is 8.10. The number of carbonyl (C=O) groups excluding carboxylic acids is 1. The minimum Gasteiger partial charge on any atom is -0.478 e. The fourth-order valence-electron chi connectivity index (χ4n) is 2.57. The summed E-state index contributed by atoms with van der Waals surface area (Å²) in [5.41, 5.74) is -0.0865. The smallest absolute Gasteiger partial charge is 0.387 e. The summed E-state index contributed by atoms with van der Waals surface area (Å²) in [6, 6.07) is 8.85. The van der Waals surface area contributed by atoms with E-state index in [2.05, 4.69) is 4.74 Å². The lowest BCUT2D eigenvalue weighted by Crippen LogP contribution is -2.28. The van der Waals surface area contributed by atoms with E-state index in [4.69, 9.17) is 12.2 Å². The van der Waals surface area contributed by atoms with Gasteiger partial charge >= 0.3 is 18.6 Å². The fraction of sp³-hybridized carbons (Fsp3) is 0.0526. The van der Waals surface area contributed by atoms with Crippen LogP contribution in [0.25, 0.3) is 6.08 Å². The van der Waals surface area contributed by atoms with E-state index in [-0.39, 0.29) is 31.8 Å². The molecule has 0 atom stereocenters. The first-order valence-corrected chi connectivity index (χ1v) is 9.32. The second-order valence-electron chi connectivity index (χ2n) is 5.84. The largest absolute Gasteiger partial charge is 0.478 e. The van der Waals surface area contributed by atoms with Crippen molar-refractivity contribution in [2.24, 2.45) is 0 Å². The maximum Gasteiger partial charge on any atom is 0.387 e. The van der Waals surface area contributed by atoms with Crippen LogP contribution in [0.5, 0.6) is 5.75 Å². The zero-order chi connectivity index (χ0) is 22.0. The Morgan fingerprint density at radius 2 is 1.63 bits per heavy atom. The summed E-state index contributed by atoms with van der Waals surface area (Å²) in [6.45, 7) is -2.95. The molecule has 0 aromatic heterocycles. The molecular formula is C19H11F2NO6S2. The van der Waals surface area contributed by atoms with Crippen molar-refractivity contribution in [1.29, 1.82) is 0 Å². The summed E-state index contributed by atoms with van der Waals surface area (Å²) >= 11 is 6.15. The summed E-state index contributed by atoms with van der Waals surface area (Å²) in [4.78, 5) is 36.7. The lowest BCUT2D eigenvalue weighted by atomic mass is 10.1. The SMILES string of the molecule is O=C(O)c1cc(C(=O)O)cc(N2C(=O)/C(=C/c3ccc(OC(F)F)cc3)SC2=S)c1. The summed E-state index contributed by atoms with van der Waals surface area (Å²) in [5.74, 6) is -3.32. The van der Waals surface area contributed by atoms with Gasteiger partial charge in [0.05, 0.1) is 21.7 Å². The Bertz CT molecular complexity index is 1050. The van der Waals surface area contributed by atoms with Crippen molar-refractivity contribution in [3.63, 3.8) is 0 Å². The minimum absolute atomic E-state index is 0.0129. The summed E-state index contributed by atoms with van der Waals surface area (Å²) in [5, 5.41) is 18.4. The number of halogens is 2. The number of carboxylic acid groups (broad SMARTS) is 2. The third-order valence-electron chi connectivity index (χ3n) is 3.87. The number of ether oxygens (including phenoxy) is 1. The number of thiocarbonyl (C=S) groups is 1. The molecule has 11 heteroatoms. The Morgan fingerprint density at radius 1 is 1.07 bits per heavy atom. The minimum atomic E-state index is -2.95. The van der Waals surface area contributed by atoms with Crippen LogP contribution in [0.4, 0.5) is 14.5 Å². The van der Waals surface area contributed by atoms with Gasteiger partial charge in [-0.3, -0.25) is 9.69 Å². The maximum atomic E-state index is 12.8. The van der Waals surface area contributed by atoms with E-state index in [1.54, 1.807) is 0 Å². The molecule has 3 rings (SSSR count). The van der Waals surface area contributed by atoms with Crippen molar-refractivity contribution in [1.82, 2.24) is 0 Å². The summed E-state index contributed by atoms with van der Waals surface area (Å²) in [7, 11) is 0. The molecule has 0 saturated carbocycles. The van der Waals surface area contributed by atoms with Gasteiger partial charge < -0.3 is 14.9 Å². The van der Waals surface area contributed by atoms with Crippen LogP contribution < -0.4 is 9.64 Å². The van der Waals surface area contributed by atoms with Crippen LogP contribution in [0.3, 0.4) is 0 Å². The average molecular weight is 451 g/mol. The zero-order valence-electron chi connectivity index (χ0n) is 14.7. The van der Waals surface area contributed by atoms with Crippen molar-refractivity contribution in [2.75, 3.05) is 4.90 Å². The molecule has 0 unspecified atom stereocenters. The Morgan fingerprint density at radius 3 is 2.13 bits per heavy atom. The molecular weight excluding hydrogens is 440 g/mol. The van der Waals surface area contributed by atoms with Crippen molar-refractivity contribution in [3.05, 3.63) is 64.1 Å². The van der Waals surface area contributed by atoms with Crippen molar-refractivity contribution in [2.45, 2.75) is 6.61 Å². The molecule has 1 aliphatic rings. The fourth-order valence-corrected chi connectivity index (χ4v) is 3.87. The van der Waals surface area contributed by atoms with Crippen LogP contribution in [0, 0.1) is 0 Å². The molecule has 2 N–H and O–H groups in total. The number of hydrogen-bond donors (Lipinski definition) is 2. The number of amides is 1. The van der Waals surface area contributed by atoms with Crippen LogP contribution in [-0.2, 0) is 4.79 Å². The second kappa shape index (κ2) is 8.59. The molecule has 2 aromatic rings. The molecule has 2 aromatic carbocycles. The van der Waals surface area contributed by atoms with Gasteiger partial charge in [-0.15, -0.1) is 0 Å². The lowest BCUT2D eigenvalue weighted by molar-refractivity contribution is -0.113. The Balaban J connectivity index is 1.92. The van der Waals surface area contributed by atoms with E-state index >= 15 is 0 Å². The zero-order valence-corrected chi connectivity index (χ0v) is 16.4. The van der Waals surface area contributed by atoms with E-state index in [9.17, 15) is 33.4 Å². The van der Waals surface area contributed by atoms with Gasteiger partial charge in [-0.2, -0.15) is 8.78 Å². The molecule has 0 radical (unpaired) electrons. The number of benzene rings is 2. The average Bonchev–Trinajstić information content (AvgIpc) is 2.95. The molecule has 0 aliphatic carbocycles. The first kappa shape index (κ1) is 21.4. The number of anilines is 1. The molecule has 1 saturated heterocycles. The van der Waals surface area contributed by atoms with Gasteiger partial charge in [0.15, 0.2) is 4.32 Å². The molecule has 1 aliphatic heterocycles. The molecule has 30 heavy (non-hydrogen) atoms. The van der Waals surface area contributed by atoms with Crippen LogP contribution in [0.1, 0.15) is 26.3 Å². The topological polar surface area (TPSA) is 104 Å². The predicted molar refractivity (Wildman–Crippen MR) is 109 cm³/mol. The van der Waals surface area contributed by atoms with Gasteiger partial charge in [-0.25, -0.2) is 9.59 Å². The lowest BCUT2D eigenvalue weighted by Gasteiger charge is -2.16. The highest BCUT2D eigenvalue weighted by Crippen LogP contribution is 2.37. The molecule has 7 nitrogen and oxygen atoms in total. The monoisotopic (exact) mass is 451 g/mol. The van der Waals surface area contributed by atoms with Crippen molar-refractivity contribution in [3.8, 4) is 5.75 Å². The number of hydrogen-bond acceptors (Lipinski definition) is 6. The number of aromatic carboxylic acids is 2. The molecule has 0 spiro atoms. The van der Waals surface area contributed by atoms with E-state index in [0.717, 1.165) is 34.9 Å². The third kappa shape index (κ3) is 4.63. The first-order chi connectivity index (χ1) is 14.2. The highest BCUT2D eigenvalue weighted by molar-refractivity contribution is 8.27. The van der Waals surface area contributed by atoms with Gasteiger partial charge in [-0.05, 0) is 42.0 Å². The van der Waals surface area contributed by atoms with Gasteiger partial charge in [0.25, 0.3) is 5.91 Å². The Hall–Kier alpha value is -3.31. The van der Waals surface area contributed by atoms with Gasteiger partial charge in [0, 0.05) is 0 Å². The highest BCUT2D eigenvalue weighted by atomic mass is 32.2. The van der Waals surface area contributed by atoms with Crippen LogP contribution in [0.15, 0.2) is 47.4 Å². The number of thioether (sulfide) groups is 1. The van der Waals surface area contributed by atoms with E-state index in [1.165, 1.54) is 30.3 Å². The number of carboxylic acids is 2. The molecule has 1 amide bonds. The van der Waals surface area contributed by atoms with Gasteiger partial charge in [0.1, 0.15) is 5.75 Å². The molecule has 1 fully saturated rings. The van der Waals surface area contributed by atoms with Crippen molar-refractivity contribution >= 4 is 57.9 Å². The van der Waals surface area contributed by atoms with Crippen LogP contribution in [0.2, 0.25) is 0 Å². The van der Waals surface area contributed by atoms with Gasteiger partial charge in [-0.1, -0.05) is 36.1 Å². The number of rotatable bonds is 6. The Labute approximate surface area is 177 Å². The van der Waals surface area contributed by atoms with E-state index in [0.29, 0.717) is 5.56 Å². The van der Waals surface area contributed by atoms with Gasteiger partial charge in [0.2, 0.25) is 0 Å². The standard InChI is InChI=1S/C19H11F2NO6S2/c20-18(21)28-13-3-1-9(2-4-13)5-14-15(23)22(19(29)30-14)12-7-10(16(24)25)6-11(8-12)17(26)27/h1-8,18H,(H,24,25)(H,26,27)/b14-5-.